The van der Waals surface area contributed by atoms with Crippen LogP contribution < -0.4 is 15.4 Å². The lowest BCUT2D eigenvalue weighted by molar-refractivity contribution is -0.133. The third kappa shape index (κ3) is 7.38. The van der Waals surface area contributed by atoms with Gasteiger partial charge in [0.25, 0.3) is 0 Å². The zero-order valence-corrected chi connectivity index (χ0v) is 21.7. The van der Waals surface area contributed by atoms with Gasteiger partial charge in [0.1, 0.15) is 5.75 Å². The first kappa shape index (κ1) is 25.9. The van der Waals surface area contributed by atoms with Crippen molar-refractivity contribution < 1.29 is 14.3 Å². The van der Waals surface area contributed by atoms with Crippen molar-refractivity contribution in [1.29, 1.82) is 0 Å². The van der Waals surface area contributed by atoms with E-state index in [1.165, 1.54) is 0 Å². The van der Waals surface area contributed by atoms with E-state index in [0.717, 1.165) is 55.8 Å². The number of amides is 2. The molecule has 2 unspecified atom stereocenters. The molecule has 1 aromatic carbocycles. The summed E-state index contributed by atoms with van der Waals surface area (Å²) in [6.45, 7) is 11.0. The first-order valence-corrected chi connectivity index (χ1v) is 13.2. The Labute approximate surface area is 203 Å². The van der Waals surface area contributed by atoms with Crippen molar-refractivity contribution in [3.63, 3.8) is 0 Å². The normalized spacial score (nSPS) is 21.1. The summed E-state index contributed by atoms with van der Waals surface area (Å²) in [5.41, 5.74) is 1.35. The number of ether oxygens (including phenoxy) is 1. The zero-order valence-electron chi connectivity index (χ0n) is 20.9. The Balaban J connectivity index is 1.41. The number of hydrogen-bond donors (Lipinski definition) is 2. The van der Waals surface area contributed by atoms with Crippen molar-refractivity contribution >= 4 is 23.6 Å². The lowest BCUT2D eigenvalue weighted by atomic mass is 9.84. The fourth-order valence-electron chi connectivity index (χ4n) is 5.09. The van der Waals surface area contributed by atoms with Crippen molar-refractivity contribution in [2.75, 3.05) is 32.5 Å². The second-order valence-electron chi connectivity index (χ2n) is 10.8. The molecule has 2 fully saturated rings. The SMILES string of the molecule is COc1ccccc1CCNC(=O)C1CSC2(CCN(C(=O)CC(C)CC(C)(C)C)CC2)N1. The smallest absolute Gasteiger partial charge is 0.238 e. The first-order chi connectivity index (χ1) is 15.6. The molecule has 2 atom stereocenters. The Kier molecular flexibility index (Phi) is 8.73. The van der Waals surface area contributed by atoms with Gasteiger partial charge in [0.2, 0.25) is 11.8 Å². The van der Waals surface area contributed by atoms with Gasteiger partial charge in [-0.1, -0.05) is 45.9 Å². The molecule has 184 valence electrons. The van der Waals surface area contributed by atoms with Gasteiger partial charge in [-0.2, -0.15) is 0 Å². The lowest BCUT2D eigenvalue weighted by Crippen LogP contribution is -2.54. The van der Waals surface area contributed by atoms with Crippen LogP contribution in [0.2, 0.25) is 0 Å². The minimum Gasteiger partial charge on any atom is -0.496 e. The number of benzene rings is 1. The number of thioether (sulfide) groups is 1. The highest BCUT2D eigenvalue weighted by Crippen LogP contribution is 2.39. The van der Waals surface area contributed by atoms with Gasteiger partial charge in [0.05, 0.1) is 18.0 Å². The van der Waals surface area contributed by atoms with Gasteiger partial charge in [-0.3, -0.25) is 14.9 Å². The van der Waals surface area contributed by atoms with Crippen LogP contribution in [-0.4, -0.2) is 60.1 Å². The van der Waals surface area contributed by atoms with Crippen LogP contribution in [0.5, 0.6) is 5.75 Å². The van der Waals surface area contributed by atoms with E-state index in [2.05, 4.69) is 38.3 Å². The van der Waals surface area contributed by atoms with Crippen LogP contribution >= 0.6 is 11.8 Å². The Hall–Kier alpha value is -1.73. The second-order valence-corrected chi connectivity index (χ2v) is 12.2. The monoisotopic (exact) mass is 475 g/mol. The lowest BCUT2D eigenvalue weighted by Gasteiger charge is -2.39. The van der Waals surface area contributed by atoms with Crippen LogP contribution in [0, 0.1) is 11.3 Å². The summed E-state index contributed by atoms with van der Waals surface area (Å²) in [5.74, 6) is 2.36. The fraction of sp³-hybridized carbons (Fsp3) is 0.692. The van der Waals surface area contributed by atoms with Crippen molar-refractivity contribution in [2.45, 2.75) is 70.7 Å². The fourth-order valence-corrected chi connectivity index (χ4v) is 6.51. The highest BCUT2D eigenvalue weighted by molar-refractivity contribution is 8.01. The summed E-state index contributed by atoms with van der Waals surface area (Å²) in [6, 6.07) is 7.73. The Morgan fingerprint density at radius 2 is 1.97 bits per heavy atom. The van der Waals surface area contributed by atoms with Gasteiger partial charge in [-0.25, -0.2) is 0 Å². The van der Waals surface area contributed by atoms with E-state index in [1.54, 1.807) is 7.11 Å². The highest BCUT2D eigenvalue weighted by Gasteiger charge is 2.44. The average molecular weight is 476 g/mol. The van der Waals surface area contributed by atoms with Crippen LogP contribution in [-0.2, 0) is 16.0 Å². The van der Waals surface area contributed by atoms with Gasteiger partial charge in [0, 0.05) is 31.8 Å². The van der Waals surface area contributed by atoms with E-state index in [1.807, 2.05) is 40.9 Å². The molecule has 0 saturated carbocycles. The van der Waals surface area contributed by atoms with E-state index in [9.17, 15) is 9.59 Å². The topological polar surface area (TPSA) is 70.7 Å². The number of hydrogen-bond acceptors (Lipinski definition) is 5. The number of nitrogens with zero attached hydrogens (tertiary/aromatic N) is 1. The number of nitrogens with one attached hydrogen (secondary N) is 2. The van der Waals surface area contributed by atoms with Gasteiger partial charge in [-0.15, -0.1) is 11.8 Å². The van der Waals surface area contributed by atoms with E-state index in [0.29, 0.717) is 18.9 Å². The number of rotatable bonds is 8. The van der Waals surface area contributed by atoms with Gasteiger partial charge in [0.15, 0.2) is 0 Å². The number of carbonyl (C=O) groups is 2. The zero-order chi connectivity index (χ0) is 24.1. The summed E-state index contributed by atoms with van der Waals surface area (Å²) < 4.78 is 5.39. The molecule has 2 amide bonds. The third-order valence-electron chi connectivity index (χ3n) is 6.57. The summed E-state index contributed by atoms with van der Waals surface area (Å²) in [7, 11) is 1.67. The number of methoxy groups -OCH3 is 1. The number of para-hydroxylation sites is 1. The highest BCUT2D eigenvalue weighted by atomic mass is 32.2. The Morgan fingerprint density at radius 1 is 1.27 bits per heavy atom. The predicted molar refractivity (Wildman–Crippen MR) is 135 cm³/mol. The van der Waals surface area contributed by atoms with E-state index >= 15 is 0 Å². The summed E-state index contributed by atoms with van der Waals surface area (Å²) in [5, 5.41) is 6.68. The van der Waals surface area contributed by atoms with E-state index in [-0.39, 0.29) is 28.1 Å². The molecule has 1 aromatic rings. The molecule has 2 saturated heterocycles. The van der Waals surface area contributed by atoms with E-state index < -0.39 is 0 Å². The molecule has 2 N–H and O–H groups in total. The molecular weight excluding hydrogens is 434 g/mol. The molecule has 2 aliphatic heterocycles. The van der Waals surface area contributed by atoms with Crippen molar-refractivity contribution in [2.24, 2.45) is 11.3 Å². The van der Waals surface area contributed by atoms with Crippen LogP contribution in [0.15, 0.2) is 24.3 Å². The van der Waals surface area contributed by atoms with Crippen LogP contribution in [0.25, 0.3) is 0 Å². The quantitative estimate of drug-likeness (QED) is 0.598. The maximum Gasteiger partial charge on any atom is 0.238 e. The number of likely N-dealkylation sites (tertiary alicyclic amines) is 1. The molecule has 0 aliphatic carbocycles. The molecule has 1 spiro atoms. The summed E-state index contributed by atoms with van der Waals surface area (Å²) in [6.07, 6.45) is 4.21. The maximum atomic E-state index is 12.8. The molecule has 2 aliphatic rings. The maximum absolute atomic E-state index is 12.8. The van der Waals surface area contributed by atoms with Crippen molar-refractivity contribution in [3.05, 3.63) is 29.8 Å². The largest absolute Gasteiger partial charge is 0.496 e. The summed E-state index contributed by atoms with van der Waals surface area (Å²) >= 11 is 1.84. The van der Waals surface area contributed by atoms with Gasteiger partial charge >= 0.3 is 0 Å². The minimum atomic E-state index is -0.179. The van der Waals surface area contributed by atoms with Crippen molar-refractivity contribution in [1.82, 2.24) is 15.5 Å². The molecule has 7 heteroatoms. The first-order valence-electron chi connectivity index (χ1n) is 12.2. The molecule has 6 nitrogen and oxygen atoms in total. The molecule has 0 radical (unpaired) electrons. The van der Waals surface area contributed by atoms with Gasteiger partial charge < -0.3 is 15.0 Å². The standard InChI is InChI=1S/C26H41N3O3S/c1-19(17-25(2,3)4)16-23(30)29-14-11-26(12-15-29)28-21(18-33-26)24(31)27-13-10-20-8-6-7-9-22(20)32-5/h6-9,19,21,28H,10-18H2,1-5H3,(H,27,31). The van der Waals surface area contributed by atoms with Gasteiger partial charge in [-0.05, 0) is 48.6 Å². The van der Waals surface area contributed by atoms with E-state index in [4.69, 9.17) is 4.74 Å². The molecular formula is C26H41N3O3S. The second kappa shape index (κ2) is 11.1. The molecule has 3 rings (SSSR count). The Morgan fingerprint density at radius 3 is 2.64 bits per heavy atom. The van der Waals surface area contributed by atoms with Crippen molar-refractivity contribution in [3.8, 4) is 5.75 Å². The molecule has 2 heterocycles. The van der Waals surface area contributed by atoms with Crippen LogP contribution in [0.1, 0.15) is 58.9 Å². The average Bonchev–Trinajstić information content (AvgIpc) is 3.16. The molecule has 0 bridgehead atoms. The molecule has 0 aromatic heterocycles. The predicted octanol–water partition coefficient (Wildman–Crippen LogP) is 3.84. The number of carbonyl (C=O) groups excluding carboxylic acids is 2. The molecule has 33 heavy (non-hydrogen) atoms. The van der Waals surface area contributed by atoms with Crippen LogP contribution in [0.3, 0.4) is 0 Å². The number of piperidine rings is 1. The summed E-state index contributed by atoms with van der Waals surface area (Å²) in [4.78, 5) is 27.5. The minimum absolute atomic E-state index is 0.0591. The van der Waals surface area contributed by atoms with Crippen LogP contribution in [0.4, 0.5) is 0 Å². The Bertz CT molecular complexity index is 815. The third-order valence-corrected chi connectivity index (χ3v) is 8.15.